The van der Waals surface area contributed by atoms with Gasteiger partial charge in [-0.25, -0.2) is 4.98 Å². The Hall–Kier alpha value is -0.590. The number of anilines is 2. The Morgan fingerprint density at radius 3 is 2.78 bits per heavy atom. The van der Waals surface area contributed by atoms with Gasteiger partial charge >= 0.3 is 0 Å². The first-order valence-corrected chi connectivity index (χ1v) is 7.78. The largest absolute Gasteiger partial charge is 0.377 e. The number of halogens is 2. The first-order valence-electron chi connectivity index (χ1n) is 5.38. The quantitative estimate of drug-likeness (QED) is 0.841. The third kappa shape index (κ3) is 3.24. The first kappa shape index (κ1) is 13.8. The van der Waals surface area contributed by atoms with Gasteiger partial charge in [0.2, 0.25) is 0 Å². The summed E-state index contributed by atoms with van der Waals surface area (Å²) >= 11 is 8.72. The van der Waals surface area contributed by atoms with E-state index in [2.05, 4.69) is 48.2 Å². The van der Waals surface area contributed by atoms with Crippen LogP contribution in [-0.2, 0) is 6.54 Å². The summed E-state index contributed by atoms with van der Waals surface area (Å²) in [6.45, 7) is 0.793. The molecule has 0 saturated heterocycles. The van der Waals surface area contributed by atoms with Gasteiger partial charge in [-0.1, -0.05) is 0 Å². The van der Waals surface area contributed by atoms with Crippen LogP contribution >= 0.6 is 43.2 Å². The molecular formula is C12H13Br2N3S. The van der Waals surface area contributed by atoms with Crippen LogP contribution in [0.5, 0.6) is 0 Å². The molecule has 2 heterocycles. The minimum atomic E-state index is 0.793. The predicted molar refractivity (Wildman–Crippen MR) is 85.6 cm³/mol. The van der Waals surface area contributed by atoms with Crippen molar-refractivity contribution in [2.24, 2.45) is 0 Å². The average molecular weight is 391 g/mol. The van der Waals surface area contributed by atoms with Crippen LogP contribution in [-0.4, -0.2) is 19.1 Å². The van der Waals surface area contributed by atoms with Gasteiger partial charge < -0.3 is 10.2 Å². The molecule has 0 bridgehead atoms. The number of hydrogen-bond acceptors (Lipinski definition) is 4. The molecule has 2 aromatic rings. The zero-order chi connectivity index (χ0) is 13.1. The predicted octanol–water partition coefficient (Wildman–Crippen LogP) is 4.35. The van der Waals surface area contributed by atoms with E-state index >= 15 is 0 Å². The van der Waals surface area contributed by atoms with Crippen LogP contribution < -0.4 is 10.2 Å². The number of nitrogens with one attached hydrogen (secondary N) is 1. The molecule has 0 aliphatic carbocycles. The van der Waals surface area contributed by atoms with Crippen LogP contribution in [0.2, 0.25) is 0 Å². The number of rotatable bonds is 4. The van der Waals surface area contributed by atoms with E-state index in [1.807, 2.05) is 31.1 Å². The lowest BCUT2D eigenvalue weighted by Gasteiger charge is -2.16. The van der Waals surface area contributed by atoms with E-state index in [0.717, 1.165) is 26.3 Å². The number of nitrogens with zero attached hydrogens (tertiary/aromatic N) is 2. The molecule has 0 aromatic carbocycles. The van der Waals surface area contributed by atoms with Gasteiger partial charge in [0.1, 0.15) is 0 Å². The maximum Gasteiger partial charge on any atom is 0.151 e. The molecule has 0 unspecified atom stereocenters. The van der Waals surface area contributed by atoms with Gasteiger partial charge in [-0.2, -0.15) is 0 Å². The fourth-order valence-corrected chi connectivity index (χ4v) is 3.67. The van der Waals surface area contributed by atoms with Crippen molar-refractivity contribution in [3.63, 3.8) is 0 Å². The lowest BCUT2D eigenvalue weighted by atomic mass is 10.3. The standard InChI is InChI=1S/C12H13Br2N3S/c1-17(2)12-10(4-3-5-15-12)16-7-8-6-9(13)11(14)18-8/h3-6,16H,7H2,1-2H3. The van der Waals surface area contributed by atoms with Gasteiger partial charge in [0.25, 0.3) is 0 Å². The van der Waals surface area contributed by atoms with Crippen molar-refractivity contribution in [3.8, 4) is 0 Å². The van der Waals surface area contributed by atoms with E-state index < -0.39 is 0 Å². The summed E-state index contributed by atoms with van der Waals surface area (Å²) in [5.74, 6) is 0.951. The maximum atomic E-state index is 4.36. The smallest absolute Gasteiger partial charge is 0.151 e. The SMILES string of the molecule is CN(C)c1ncccc1NCc1cc(Br)c(Br)s1. The monoisotopic (exact) mass is 389 g/mol. The summed E-state index contributed by atoms with van der Waals surface area (Å²) in [5, 5.41) is 3.42. The normalized spacial score (nSPS) is 10.4. The molecule has 2 aromatic heterocycles. The minimum absolute atomic E-state index is 0.793. The maximum absolute atomic E-state index is 4.36. The van der Waals surface area contributed by atoms with E-state index in [1.54, 1.807) is 17.5 Å². The summed E-state index contributed by atoms with van der Waals surface area (Å²) in [4.78, 5) is 7.63. The molecule has 0 fully saturated rings. The molecule has 0 amide bonds. The lowest BCUT2D eigenvalue weighted by molar-refractivity contribution is 1.05. The van der Waals surface area contributed by atoms with Crippen LogP contribution in [0.3, 0.4) is 0 Å². The van der Waals surface area contributed by atoms with E-state index in [1.165, 1.54) is 4.88 Å². The molecule has 6 heteroatoms. The zero-order valence-electron chi connectivity index (χ0n) is 10.1. The van der Waals surface area contributed by atoms with Crippen molar-refractivity contribution in [2.45, 2.75) is 6.54 Å². The van der Waals surface area contributed by atoms with Gasteiger partial charge in [0.15, 0.2) is 5.82 Å². The molecule has 2 rings (SSSR count). The Kier molecular flexibility index (Phi) is 4.64. The van der Waals surface area contributed by atoms with Crippen molar-refractivity contribution in [3.05, 3.63) is 37.5 Å². The van der Waals surface area contributed by atoms with Gasteiger partial charge in [0, 0.05) is 36.2 Å². The Bertz CT molecular complexity index is 520. The van der Waals surface area contributed by atoms with Crippen molar-refractivity contribution in [1.82, 2.24) is 4.98 Å². The Balaban J connectivity index is 2.10. The lowest BCUT2D eigenvalue weighted by Crippen LogP contribution is -2.13. The third-order valence-electron chi connectivity index (χ3n) is 2.36. The van der Waals surface area contributed by atoms with Crippen LogP contribution in [0.25, 0.3) is 0 Å². The molecule has 0 aliphatic rings. The van der Waals surface area contributed by atoms with Gasteiger partial charge in [-0.15, -0.1) is 11.3 Å². The van der Waals surface area contributed by atoms with Crippen LogP contribution in [0.15, 0.2) is 32.7 Å². The fourth-order valence-electron chi connectivity index (χ4n) is 1.55. The minimum Gasteiger partial charge on any atom is -0.377 e. The van der Waals surface area contributed by atoms with Crippen molar-refractivity contribution in [2.75, 3.05) is 24.3 Å². The Morgan fingerprint density at radius 2 is 2.17 bits per heavy atom. The molecule has 18 heavy (non-hydrogen) atoms. The highest BCUT2D eigenvalue weighted by Crippen LogP contribution is 2.33. The summed E-state index contributed by atoms with van der Waals surface area (Å²) in [7, 11) is 3.98. The van der Waals surface area contributed by atoms with E-state index in [0.29, 0.717) is 0 Å². The molecule has 0 saturated carbocycles. The molecular weight excluding hydrogens is 378 g/mol. The van der Waals surface area contributed by atoms with Crippen molar-refractivity contribution < 1.29 is 0 Å². The van der Waals surface area contributed by atoms with E-state index in [4.69, 9.17) is 0 Å². The third-order valence-corrected chi connectivity index (χ3v) is 5.62. The molecule has 96 valence electrons. The van der Waals surface area contributed by atoms with Gasteiger partial charge in [0.05, 0.1) is 9.47 Å². The summed E-state index contributed by atoms with van der Waals surface area (Å²) < 4.78 is 2.22. The molecule has 0 aliphatic heterocycles. The fraction of sp³-hybridized carbons (Fsp3) is 0.250. The summed E-state index contributed by atoms with van der Waals surface area (Å²) in [5.41, 5.74) is 1.04. The number of pyridine rings is 1. The zero-order valence-corrected chi connectivity index (χ0v) is 14.1. The number of hydrogen-bond donors (Lipinski definition) is 1. The van der Waals surface area contributed by atoms with Crippen molar-refractivity contribution in [1.29, 1.82) is 0 Å². The highest BCUT2D eigenvalue weighted by molar-refractivity contribution is 9.13. The summed E-state index contributed by atoms with van der Waals surface area (Å²) in [6.07, 6.45) is 1.80. The number of thiophene rings is 1. The second kappa shape index (κ2) is 6.04. The van der Waals surface area contributed by atoms with Gasteiger partial charge in [-0.05, 0) is 50.1 Å². The highest BCUT2D eigenvalue weighted by atomic mass is 79.9. The first-order chi connectivity index (χ1) is 8.58. The highest BCUT2D eigenvalue weighted by Gasteiger charge is 2.07. The topological polar surface area (TPSA) is 28.2 Å². The van der Waals surface area contributed by atoms with Crippen LogP contribution in [0.4, 0.5) is 11.5 Å². The van der Waals surface area contributed by atoms with Crippen molar-refractivity contribution >= 4 is 54.7 Å². The molecule has 1 N–H and O–H groups in total. The average Bonchev–Trinajstić information content (AvgIpc) is 2.66. The number of aromatic nitrogens is 1. The van der Waals surface area contributed by atoms with Gasteiger partial charge in [-0.3, -0.25) is 0 Å². The molecule has 0 radical (unpaired) electrons. The second-order valence-corrected chi connectivity index (χ2v) is 7.27. The Morgan fingerprint density at radius 1 is 1.39 bits per heavy atom. The van der Waals surface area contributed by atoms with E-state index in [9.17, 15) is 0 Å². The second-order valence-electron chi connectivity index (χ2n) is 3.96. The molecule has 0 atom stereocenters. The van der Waals surface area contributed by atoms with Crippen LogP contribution in [0, 0.1) is 0 Å². The molecule has 0 spiro atoms. The summed E-state index contributed by atoms with van der Waals surface area (Å²) in [6, 6.07) is 6.10. The van der Waals surface area contributed by atoms with E-state index in [-0.39, 0.29) is 0 Å². The Labute approximate surface area is 127 Å². The van der Waals surface area contributed by atoms with Crippen LogP contribution in [0.1, 0.15) is 4.88 Å². The molecule has 3 nitrogen and oxygen atoms in total.